The van der Waals surface area contributed by atoms with Crippen molar-refractivity contribution >= 4 is 28.7 Å². The summed E-state index contributed by atoms with van der Waals surface area (Å²) >= 11 is 1.30. The van der Waals surface area contributed by atoms with E-state index in [9.17, 15) is 14.7 Å². The number of para-hydroxylation sites is 1. The molecule has 29 heavy (non-hydrogen) atoms. The van der Waals surface area contributed by atoms with E-state index in [0.29, 0.717) is 27.6 Å². The Morgan fingerprint density at radius 1 is 1.10 bits per heavy atom. The lowest BCUT2D eigenvalue weighted by atomic mass is 9.89. The smallest absolute Gasteiger partial charge is 0.264 e. The maximum Gasteiger partial charge on any atom is 0.264 e. The van der Waals surface area contributed by atoms with Crippen LogP contribution in [0.4, 0.5) is 5.69 Å². The van der Waals surface area contributed by atoms with Crippen molar-refractivity contribution in [2.75, 3.05) is 11.7 Å². The van der Waals surface area contributed by atoms with Gasteiger partial charge in [-0.15, -0.1) is 11.3 Å². The molecule has 2 aromatic carbocycles. The number of amides is 1. The van der Waals surface area contributed by atoms with Gasteiger partial charge in [0, 0.05) is 5.56 Å². The molecule has 0 spiro atoms. The van der Waals surface area contributed by atoms with Crippen molar-refractivity contribution in [3.8, 4) is 11.5 Å². The number of rotatable bonds is 5. The molecule has 0 bridgehead atoms. The lowest BCUT2D eigenvalue weighted by molar-refractivity contribution is -0.136. The molecule has 1 amide bonds. The number of carbonyl (C=O) groups excluding carboxylic acids is 2. The third-order valence-corrected chi connectivity index (χ3v) is 6.14. The number of hydrogen-bond acceptors (Lipinski definition) is 6. The summed E-state index contributed by atoms with van der Waals surface area (Å²) in [5.41, 5.74) is 0.0205. The van der Waals surface area contributed by atoms with Crippen LogP contribution in [-0.4, -0.2) is 23.6 Å². The summed E-state index contributed by atoms with van der Waals surface area (Å²) in [4.78, 5) is 28.0. The van der Waals surface area contributed by atoms with Crippen LogP contribution in [0.25, 0.3) is 0 Å². The minimum Gasteiger partial charge on any atom is -0.454 e. The minimum atomic E-state index is -1.88. The number of nitrogens with zero attached hydrogens (tertiary/aromatic N) is 1. The molecule has 146 valence electrons. The standard InChI is InChI=1S/C22H17NO5S/c24-17(20-6-3-9-29-20)11-22(26)15-4-1-2-5-16(15)23(21(22)25)12-14-7-8-18-19(10-14)28-13-27-18/h1-10,26H,11-13H2. The summed E-state index contributed by atoms with van der Waals surface area (Å²) in [5.74, 6) is 0.544. The quantitative estimate of drug-likeness (QED) is 0.656. The molecule has 2 aliphatic heterocycles. The Kier molecular flexibility index (Phi) is 4.15. The Labute approximate surface area is 170 Å². The third kappa shape index (κ3) is 2.90. The highest BCUT2D eigenvalue weighted by Gasteiger charge is 2.50. The monoisotopic (exact) mass is 407 g/mol. The Morgan fingerprint density at radius 3 is 2.76 bits per heavy atom. The largest absolute Gasteiger partial charge is 0.454 e. The van der Waals surface area contributed by atoms with Gasteiger partial charge in [0.05, 0.1) is 23.5 Å². The highest BCUT2D eigenvalue weighted by molar-refractivity contribution is 7.12. The molecule has 5 rings (SSSR count). The fraction of sp³-hybridized carbons (Fsp3) is 0.182. The van der Waals surface area contributed by atoms with Gasteiger partial charge in [0.15, 0.2) is 22.9 Å². The van der Waals surface area contributed by atoms with Gasteiger partial charge in [0.25, 0.3) is 5.91 Å². The maximum atomic E-state index is 13.3. The van der Waals surface area contributed by atoms with E-state index in [4.69, 9.17) is 9.47 Å². The van der Waals surface area contributed by atoms with E-state index in [-0.39, 0.29) is 25.5 Å². The molecule has 1 unspecified atom stereocenters. The highest BCUT2D eigenvalue weighted by atomic mass is 32.1. The normalized spacial score (nSPS) is 19.5. The molecule has 3 heterocycles. The third-order valence-electron chi connectivity index (χ3n) is 5.23. The molecular weight excluding hydrogens is 390 g/mol. The van der Waals surface area contributed by atoms with Crippen LogP contribution >= 0.6 is 11.3 Å². The highest BCUT2D eigenvalue weighted by Crippen LogP contribution is 2.44. The molecule has 7 heteroatoms. The van der Waals surface area contributed by atoms with Crippen molar-refractivity contribution in [3.63, 3.8) is 0 Å². The molecule has 0 fully saturated rings. The Bertz CT molecular complexity index is 1110. The Hall–Kier alpha value is -3.16. The van der Waals surface area contributed by atoms with E-state index < -0.39 is 11.5 Å². The van der Waals surface area contributed by atoms with Gasteiger partial charge < -0.3 is 19.5 Å². The number of carbonyl (C=O) groups is 2. The van der Waals surface area contributed by atoms with Gasteiger partial charge in [-0.25, -0.2) is 0 Å². The molecule has 1 aromatic heterocycles. The molecular formula is C22H17NO5S. The number of hydrogen-bond donors (Lipinski definition) is 1. The maximum absolute atomic E-state index is 13.3. The topological polar surface area (TPSA) is 76.1 Å². The fourth-order valence-electron chi connectivity index (χ4n) is 3.81. The summed E-state index contributed by atoms with van der Waals surface area (Å²) < 4.78 is 10.7. The van der Waals surface area contributed by atoms with E-state index >= 15 is 0 Å². The van der Waals surface area contributed by atoms with Crippen LogP contribution in [0.5, 0.6) is 11.5 Å². The first kappa shape index (κ1) is 17.9. The van der Waals surface area contributed by atoms with Gasteiger partial charge >= 0.3 is 0 Å². The van der Waals surface area contributed by atoms with Crippen LogP contribution in [0, 0.1) is 0 Å². The summed E-state index contributed by atoms with van der Waals surface area (Å²) in [5, 5.41) is 13.1. The number of thiophene rings is 1. The van der Waals surface area contributed by atoms with Crippen LogP contribution in [0.3, 0.4) is 0 Å². The van der Waals surface area contributed by atoms with Gasteiger partial charge in [-0.05, 0) is 35.2 Å². The van der Waals surface area contributed by atoms with E-state index in [1.165, 1.54) is 16.2 Å². The van der Waals surface area contributed by atoms with Crippen molar-refractivity contribution in [1.29, 1.82) is 0 Å². The molecule has 1 N–H and O–H groups in total. The van der Waals surface area contributed by atoms with E-state index in [2.05, 4.69) is 0 Å². The first-order valence-electron chi connectivity index (χ1n) is 9.15. The molecule has 3 aromatic rings. The minimum absolute atomic E-state index is 0.175. The zero-order chi connectivity index (χ0) is 20.0. The van der Waals surface area contributed by atoms with Crippen LogP contribution in [0.15, 0.2) is 60.0 Å². The Morgan fingerprint density at radius 2 is 1.93 bits per heavy atom. The van der Waals surface area contributed by atoms with Crippen LogP contribution in [-0.2, 0) is 16.9 Å². The number of anilines is 1. The fourth-order valence-corrected chi connectivity index (χ4v) is 4.48. The molecule has 6 nitrogen and oxygen atoms in total. The van der Waals surface area contributed by atoms with E-state index in [1.807, 2.05) is 18.2 Å². The van der Waals surface area contributed by atoms with Crippen LogP contribution in [0.1, 0.15) is 27.2 Å². The van der Waals surface area contributed by atoms with Gasteiger partial charge in [0.2, 0.25) is 6.79 Å². The van der Waals surface area contributed by atoms with E-state index in [1.54, 1.807) is 41.8 Å². The lowest BCUT2D eigenvalue weighted by Gasteiger charge is -2.22. The van der Waals surface area contributed by atoms with Gasteiger partial charge in [-0.2, -0.15) is 0 Å². The zero-order valence-corrected chi connectivity index (χ0v) is 16.1. The second-order valence-corrected chi connectivity index (χ2v) is 7.98. The predicted molar refractivity (Wildman–Crippen MR) is 107 cm³/mol. The van der Waals surface area contributed by atoms with Crippen molar-refractivity contribution in [2.24, 2.45) is 0 Å². The van der Waals surface area contributed by atoms with Gasteiger partial charge in [-0.1, -0.05) is 30.3 Å². The number of ketones is 1. The summed E-state index contributed by atoms with van der Waals surface area (Å²) in [7, 11) is 0. The lowest BCUT2D eigenvalue weighted by Crippen LogP contribution is -2.41. The van der Waals surface area contributed by atoms with Gasteiger partial charge in [-0.3, -0.25) is 9.59 Å². The van der Waals surface area contributed by atoms with Crippen molar-refractivity contribution in [1.82, 2.24) is 0 Å². The molecule has 0 saturated carbocycles. The zero-order valence-electron chi connectivity index (χ0n) is 15.3. The summed E-state index contributed by atoms with van der Waals surface area (Å²) in [6.45, 7) is 0.427. The second kappa shape index (κ2) is 6.72. The van der Waals surface area contributed by atoms with Gasteiger partial charge in [0.1, 0.15) is 0 Å². The van der Waals surface area contributed by atoms with Crippen molar-refractivity contribution in [3.05, 3.63) is 76.0 Å². The van der Waals surface area contributed by atoms with Crippen molar-refractivity contribution < 1.29 is 24.2 Å². The summed E-state index contributed by atoms with van der Waals surface area (Å²) in [6, 6.07) is 16.0. The first-order chi connectivity index (χ1) is 14.1. The number of fused-ring (bicyclic) bond motifs is 2. The molecule has 1 atom stereocenters. The predicted octanol–water partition coefficient (Wildman–Crippen LogP) is 3.48. The number of Topliss-reactive ketones (excluding diaryl/α,β-unsaturated/α-hetero) is 1. The molecule has 0 radical (unpaired) electrons. The second-order valence-electron chi connectivity index (χ2n) is 7.03. The SMILES string of the molecule is O=C(CC1(O)C(=O)N(Cc2ccc3c(c2)OCO3)c2ccccc21)c1cccs1. The van der Waals surface area contributed by atoms with Crippen LogP contribution in [0.2, 0.25) is 0 Å². The Balaban J connectivity index is 1.48. The number of aliphatic hydroxyl groups is 1. The molecule has 0 aliphatic carbocycles. The average Bonchev–Trinajstić information content (AvgIpc) is 3.45. The molecule has 2 aliphatic rings. The number of benzene rings is 2. The van der Waals surface area contributed by atoms with E-state index in [0.717, 1.165) is 5.56 Å². The van der Waals surface area contributed by atoms with Crippen molar-refractivity contribution in [2.45, 2.75) is 18.6 Å². The molecule has 0 saturated heterocycles. The number of ether oxygens (including phenoxy) is 2. The average molecular weight is 407 g/mol. The summed E-state index contributed by atoms with van der Waals surface area (Å²) in [6.07, 6.45) is -0.291. The van der Waals surface area contributed by atoms with Crippen LogP contribution < -0.4 is 14.4 Å². The first-order valence-corrected chi connectivity index (χ1v) is 10.0.